The first-order valence-electron chi connectivity index (χ1n) is 6.85. The topological polar surface area (TPSA) is 15.3 Å². The molecule has 1 saturated heterocycles. The first-order chi connectivity index (χ1) is 8.12. The molecular formula is C14H27ClN2. The normalized spacial score (nSPS) is 29.4. The van der Waals surface area contributed by atoms with E-state index in [1.807, 2.05) is 0 Å². The average Bonchev–Trinajstić information content (AvgIpc) is 2.37. The molecule has 17 heavy (non-hydrogen) atoms. The standard InChI is InChI=1S/C14H27ClN2/c1-5-12(4)14-8-16-13(6-2)10-17(14)9-11(3)7-15/h7,12-14,16H,5-6,8-10H2,1-4H3. The summed E-state index contributed by atoms with van der Waals surface area (Å²) in [4.78, 5) is 2.60. The zero-order chi connectivity index (χ0) is 12.8. The van der Waals surface area contributed by atoms with Crippen LogP contribution in [0, 0.1) is 5.92 Å². The minimum atomic E-state index is 0.637. The van der Waals surface area contributed by atoms with Gasteiger partial charge in [0.05, 0.1) is 0 Å². The van der Waals surface area contributed by atoms with Crippen molar-refractivity contribution in [1.29, 1.82) is 0 Å². The van der Waals surface area contributed by atoms with Gasteiger partial charge in [-0.25, -0.2) is 0 Å². The summed E-state index contributed by atoms with van der Waals surface area (Å²) in [5.41, 5.74) is 2.98. The van der Waals surface area contributed by atoms with Crippen LogP contribution in [-0.4, -0.2) is 36.6 Å². The van der Waals surface area contributed by atoms with E-state index in [2.05, 4.69) is 37.9 Å². The first-order valence-corrected chi connectivity index (χ1v) is 7.29. The van der Waals surface area contributed by atoms with Crippen molar-refractivity contribution in [3.63, 3.8) is 0 Å². The summed E-state index contributed by atoms with van der Waals surface area (Å²) in [6, 6.07) is 1.28. The van der Waals surface area contributed by atoms with Crippen molar-refractivity contribution in [2.45, 2.75) is 52.6 Å². The second kappa shape index (κ2) is 7.40. The largest absolute Gasteiger partial charge is 0.311 e. The molecule has 1 heterocycles. The van der Waals surface area contributed by atoms with Crippen molar-refractivity contribution in [1.82, 2.24) is 10.2 Å². The molecule has 0 bridgehead atoms. The molecule has 1 rings (SSSR count). The van der Waals surface area contributed by atoms with Gasteiger partial charge in [0.25, 0.3) is 0 Å². The Morgan fingerprint density at radius 2 is 2.24 bits per heavy atom. The number of nitrogens with one attached hydrogen (secondary N) is 1. The summed E-state index contributed by atoms with van der Waals surface area (Å²) in [6.45, 7) is 12.3. The van der Waals surface area contributed by atoms with E-state index in [0.717, 1.165) is 25.6 Å². The molecule has 100 valence electrons. The second-order valence-corrected chi connectivity index (χ2v) is 5.57. The van der Waals surface area contributed by atoms with Gasteiger partial charge in [-0.1, -0.05) is 38.8 Å². The number of rotatable bonds is 5. The maximum absolute atomic E-state index is 5.80. The fourth-order valence-electron chi connectivity index (χ4n) is 2.54. The second-order valence-electron chi connectivity index (χ2n) is 5.35. The molecule has 1 aliphatic heterocycles. The monoisotopic (exact) mass is 258 g/mol. The van der Waals surface area contributed by atoms with Gasteiger partial charge in [-0.3, -0.25) is 4.90 Å². The lowest BCUT2D eigenvalue weighted by Crippen LogP contribution is -2.58. The number of halogens is 1. The fourth-order valence-corrected chi connectivity index (χ4v) is 2.61. The van der Waals surface area contributed by atoms with Gasteiger partial charge in [0.1, 0.15) is 0 Å². The Kier molecular flexibility index (Phi) is 6.53. The van der Waals surface area contributed by atoms with Crippen LogP contribution in [0.2, 0.25) is 0 Å². The van der Waals surface area contributed by atoms with Crippen molar-refractivity contribution >= 4 is 11.6 Å². The van der Waals surface area contributed by atoms with Gasteiger partial charge in [-0.15, -0.1) is 0 Å². The third-order valence-electron chi connectivity index (χ3n) is 3.97. The van der Waals surface area contributed by atoms with E-state index >= 15 is 0 Å². The third kappa shape index (κ3) is 4.27. The molecular weight excluding hydrogens is 232 g/mol. The summed E-state index contributed by atoms with van der Waals surface area (Å²) in [6.07, 6.45) is 2.44. The molecule has 0 aromatic carbocycles. The molecule has 0 amide bonds. The molecule has 0 aromatic rings. The van der Waals surface area contributed by atoms with Crippen molar-refractivity contribution in [2.75, 3.05) is 19.6 Å². The fraction of sp³-hybridized carbons (Fsp3) is 0.857. The van der Waals surface area contributed by atoms with E-state index in [9.17, 15) is 0 Å². The van der Waals surface area contributed by atoms with Crippen LogP contribution in [-0.2, 0) is 0 Å². The molecule has 0 radical (unpaired) electrons. The van der Waals surface area contributed by atoms with Crippen LogP contribution in [0.15, 0.2) is 11.1 Å². The zero-order valence-electron chi connectivity index (χ0n) is 11.7. The van der Waals surface area contributed by atoms with E-state index in [-0.39, 0.29) is 0 Å². The van der Waals surface area contributed by atoms with E-state index in [4.69, 9.17) is 11.6 Å². The summed E-state index contributed by atoms with van der Waals surface area (Å²) < 4.78 is 0. The molecule has 3 unspecified atom stereocenters. The predicted molar refractivity (Wildman–Crippen MR) is 76.5 cm³/mol. The first kappa shape index (κ1) is 15.0. The predicted octanol–water partition coefficient (Wildman–Crippen LogP) is 3.23. The van der Waals surface area contributed by atoms with Crippen LogP contribution in [0.5, 0.6) is 0 Å². The summed E-state index contributed by atoms with van der Waals surface area (Å²) >= 11 is 5.80. The zero-order valence-corrected chi connectivity index (χ0v) is 12.4. The van der Waals surface area contributed by atoms with E-state index in [0.29, 0.717) is 12.1 Å². The molecule has 3 heteroatoms. The highest BCUT2D eigenvalue weighted by Gasteiger charge is 2.29. The van der Waals surface area contributed by atoms with Crippen molar-refractivity contribution in [3.05, 3.63) is 11.1 Å². The Hall–Kier alpha value is -0.0500. The molecule has 1 aliphatic rings. The quantitative estimate of drug-likeness (QED) is 0.815. The minimum Gasteiger partial charge on any atom is -0.311 e. The van der Waals surface area contributed by atoms with Crippen LogP contribution >= 0.6 is 11.6 Å². The number of hydrogen-bond acceptors (Lipinski definition) is 2. The highest BCUT2D eigenvalue weighted by molar-refractivity contribution is 6.25. The number of piperazine rings is 1. The Balaban J connectivity index is 2.67. The highest BCUT2D eigenvalue weighted by Crippen LogP contribution is 2.20. The lowest BCUT2D eigenvalue weighted by atomic mass is 9.93. The minimum absolute atomic E-state index is 0.637. The van der Waals surface area contributed by atoms with Gasteiger partial charge in [-0.2, -0.15) is 0 Å². The molecule has 0 aromatic heterocycles. The van der Waals surface area contributed by atoms with Crippen LogP contribution < -0.4 is 5.32 Å². The third-order valence-corrected chi connectivity index (χ3v) is 4.34. The Labute approximate surface area is 111 Å². The van der Waals surface area contributed by atoms with Gasteiger partial charge in [0.2, 0.25) is 0 Å². The molecule has 3 atom stereocenters. The van der Waals surface area contributed by atoms with Gasteiger partial charge < -0.3 is 5.32 Å². The van der Waals surface area contributed by atoms with Crippen LogP contribution in [0.3, 0.4) is 0 Å². The highest BCUT2D eigenvalue weighted by atomic mass is 35.5. The Morgan fingerprint density at radius 3 is 2.76 bits per heavy atom. The van der Waals surface area contributed by atoms with Crippen LogP contribution in [0.4, 0.5) is 0 Å². The van der Waals surface area contributed by atoms with E-state index < -0.39 is 0 Å². The summed E-state index contributed by atoms with van der Waals surface area (Å²) in [7, 11) is 0. The van der Waals surface area contributed by atoms with Crippen molar-refractivity contribution in [2.24, 2.45) is 5.92 Å². The van der Waals surface area contributed by atoms with E-state index in [1.165, 1.54) is 18.4 Å². The lowest BCUT2D eigenvalue weighted by molar-refractivity contribution is 0.1000. The van der Waals surface area contributed by atoms with Crippen molar-refractivity contribution in [3.8, 4) is 0 Å². The average molecular weight is 259 g/mol. The molecule has 0 spiro atoms. The number of hydrogen-bond donors (Lipinski definition) is 1. The Bertz CT molecular complexity index is 253. The summed E-state index contributed by atoms with van der Waals surface area (Å²) in [5, 5.41) is 3.66. The smallest absolute Gasteiger partial charge is 0.0250 e. The molecule has 0 aliphatic carbocycles. The van der Waals surface area contributed by atoms with Gasteiger partial charge in [-0.05, 0) is 24.8 Å². The van der Waals surface area contributed by atoms with Gasteiger partial charge in [0.15, 0.2) is 0 Å². The van der Waals surface area contributed by atoms with Gasteiger partial charge in [0, 0.05) is 37.3 Å². The molecule has 0 saturated carbocycles. The van der Waals surface area contributed by atoms with Crippen molar-refractivity contribution < 1.29 is 0 Å². The summed E-state index contributed by atoms with van der Waals surface area (Å²) in [5.74, 6) is 0.739. The molecule has 2 nitrogen and oxygen atoms in total. The van der Waals surface area contributed by atoms with Crippen LogP contribution in [0.25, 0.3) is 0 Å². The van der Waals surface area contributed by atoms with Crippen LogP contribution in [0.1, 0.15) is 40.5 Å². The molecule has 1 N–H and O–H groups in total. The number of nitrogens with zero attached hydrogens (tertiary/aromatic N) is 1. The lowest BCUT2D eigenvalue weighted by Gasteiger charge is -2.43. The van der Waals surface area contributed by atoms with E-state index in [1.54, 1.807) is 5.54 Å². The SMILES string of the molecule is CCC1CN(CC(C)=CCl)C(C(C)CC)CN1. The molecule has 1 fully saturated rings. The van der Waals surface area contributed by atoms with Gasteiger partial charge >= 0.3 is 0 Å². The maximum atomic E-state index is 5.80. The maximum Gasteiger partial charge on any atom is 0.0250 e. The Morgan fingerprint density at radius 1 is 1.53 bits per heavy atom.